The lowest BCUT2D eigenvalue weighted by molar-refractivity contribution is -0.151. The van der Waals surface area contributed by atoms with Crippen molar-refractivity contribution in [3.05, 3.63) is 12.7 Å². The molecule has 0 aromatic rings. The molecule has 37 heavy (non-hydrogen) atoms. The standard InChI is InChI=1S/C27H41N3O7/c1-7-11-17(21(31)24(34)35)28-22(32)20-18-16(27(18,5)6)14-30(20)23(33)19(15-12-9-8-10-13-15)29-25(36)37-26(2,3)4/h7,15-20H,1,8-14H2,2-6H3,(H,28,32)(H,29,36)(H,34,35)/t16?,17?,18?,19-,20-/m0/s1. The van der Waals surface area contributed by atoms with Crippen LogP contribution in [0.25, 0.3) is 0 Å². The molecule has 0 bridgehead atoms. The molecular weight excluding hydrogens is 478 g/mol. The van der Waals surface area contributed by atoms with Crippen molar-refractivity contribution < 1.29 is 33.8 Å². The molecule has 0 aromatic heterocycles. The number of amides is 3. The summed E-state index contributed by atoms with van der Waals surface area (Å²) in [7, 11) is 0. The van der Waals surface area contributed by atoms with Crippen molar-refractivity contribution in [2.75, 3.05) is 6.54 Å². The van der Waals surface area contributed by atoms with E-state index >= 15 is 0 Å². The minimum absolute atomic E-state index is 0.0417. The van der Waals surface area contributed by atoms with Crippen molar-refractivity contribution >= 4 is 29.7 Å². The van der Waals surface area contributed by atoms with E-state index in [4.69, 9.17) is 4.74 Å². The molecule has 5 atom stereocenters. The third-order valence-electron chi connectivity index (χ3n) is 8.07. The normalized spacial score (nSPS) is 26.3. The number of likely N-dealkylation sites (tertiary alicyclic amines) is 1. The number of Topliss-reactive ketones (excluding diaryl/α,β-unsaturated/α-hetero) is 1. The smallest absolute Gasteiger partial charge is 0.408 e. The molecule has 3 unspecified atom stereocenters. The number of fused-ring (bicyclic) bond motifs is 1. The second-order valence-corrected chi connectivity index (χ2v) is 12.2. The maximum Gasteiger partial charge on any atom is 0.408 e. The lowest BCUT2D eigenvalue weighted by Gasteiger charge is -2.37. The molecule has 0 radical (unpaired) electrons. The summed E-state index contributed by atoms with van der Waals surface area (Å²) < 4.78 is 5.43. The molecule has 3 amide bonds. The fourth-order valence-electron chi connectivity index (χ4n) is 6.08. The zero-order valence-electron chi connectivity index (χ0n) is 22.5. The Morgan fingerprint density at radius 1 is 1.11 bits per heavy atom. The van der Waals surface area contributed by atoms with Crippen LogP contribution >= 0.6 is 0 Å². The van der Waals surface area contributed by atoms with Crippen molar-refractivity contribution in [3.63, 3.8) is 0 Å². The van der Waals surface area contributed by atoms with Crippen LogP contribution in [0, 0.1) is 23.2 Å². The third-order valence-corrected chi connectivity index (χ3v) is 8.07. The van der Waals surface area contributed by atoms with Gasteiger partial charge in [0.25, 0.3) is 5.78 Å². The van der Waals surface area contributed by atoms with Gasteiger partial charge in [0.1, 0.15) is 23.7 Å². The van der Waals surface area contributed by atoms with Crippen LogP contribution in [-0.2, 0) is 23.9 Å². The van der Waals surface area contributed by atoms with E-state index in [1.54, 1.807) is 20.8 Å². The Morgan fingerprint density at radius 3 is 2.27 bits per heavy atom. The highest BCUT2D eigenvalue weighted by molar-refractivity contribution is 6.35. The van der Waals surface area contributed by atoms with Crippen molar-refractivity contribution in [1.29, 1.82) is 0 Å². The fraction of sp³-hybridized carbons (Fsp3) is 0.741. The highest BCUT2D eigenvalue weighted by Gasteiger charge is 2.69. The van der Waals surface area contributed by atoms with Gasteiger partial charge < -0.3 is 25.4 Å². The van der Waals surface area contributed by atoms with Crippen LogP contribution in [0.5, 0.6) is 0 Å². The number of ketones is 1. The van der Waals surface area contributed by atoms with Gasteiger partial charge in [0.2, 0.25) is 11.8 Å². The first-order valence-corrected chi connectivity index (χ1v) is 13.2. The second kappa shape index (κ2) is 10.8. The molecule has 1 heterocycles. The van der Waals surface area contributed by atoms with Crippen LogP contribution in [0.1, 0.15) is 73.1 Å². The molecule has 3 fully saturated rings. The van der Waals surface area contributed by atoms with E-state index in [2.05, 4.69) is 17.2 Å². The topological polar surface area (TPSA) is 142 Å². The molecule has 0 aromatic carbocycles. The summed E-state index contributed by atoms with van der Waals surface area (Å²) in [5.41, 5.74) is -0.911. The number of ether oxygens (including phenoxy) is 1. The molecule has 2 saturated carbocycles. The van der Waals surface area contributed by atoms with E-state index in [1.165, 1.54) is 11.0 Å². The summed E-state index contributed by atoms with van der Waals surface area (Å²) in [6.45, 7) is 13.2. The summed E-state index contributed by atoms with van der Waals surface area (Å²) in [5.74, 6) is -3.80. The second-order valence-electron chi connectivity index (χ2n) is 12.2. The number of nitrogens with zero attached hydrogens (tertiary/aromatic N) is 1. The summed E-state index contributed by atoms with van der Waals surface area (Å²) in [5, 5.41) is 14.5. The number of rotatable bonds is 9. The zero-order chi connectivity index (χ0) is 27.7. The summed E-state index contributed by atoms with van der Waals surface area (Å²) >= 11 is 0. The van der Waals surface area contributed by atoms with Crippen LogP contribution in [0.3, 0.4) is 0 Å². The zero-order valence-corrected chi connectivity index (χ0v) is 22.5. The minimum atomic E-state index is -1.64. The van der Waals surface area contributed by atoms with Gasteiger partial charge in [0, 0.05) is 6.54 Å². The van der Waals surface area contributed by atoms with Gasteiger partial charge in [-0.15, -0.1) is 6.58 Å². The maximum atomic E-state index is 14.0. The summed E-state index contributed by atoms with van der Waals surface area (Å²) in [4.78, 5) is 65.2. The van der Waals surface area contributed by atoms with Crippen LogP contribution in [0.4, 0.5) is 4.79 Å². The fourth-order valence-corrected chi connectivity index (χ4v) is 6.08. The molecule has 3 aliphatic rings. The van der Waals surface area contributed by atoms with Crippen LogP contribution in [-0.4, -0.2) is 69.9 Å². The van der Waals surface area contributed by atoms with Gasteiger partial charge in [-0.05, 0) is 63.2 Å². The largest absolute Gasteiger partial charge is 0.475 e. The van der Waals surface area contributed by atoms with Gasteiger partial charge in [-0.25, -0.2) is 9.59 Å². The third kappa shape index (κ3) is 6.33. The summed E-state index contributed by atoms with van der Waals surface area (Å²) in [6, 6.07) is -2.97. The number of hydrogen-bond donors (Lipinski definition) is 3. The lowest BCUT2D eigenvalue weighted by Crippen LogP contribution is -2.59. The van der Waals surface area contributed by atoms with Gasteiger partial charge in [-0.1, -0.05) is 39.2 Å². The van der Waals surface area contributed by atoms with Gasteiger partial charge in [0.05, 0.1) is 0 Å². The average molecular weight is 520 g/mol. The SMILES string of the molecule is C=CCC(NC(=O)[C@@H]1C2C(CN1C(=O)[C@@H](NC(=O)OC(C)(C)C)C1CCCCC1)C2(C)C)C(=O)C(=O)O. The Morgan fingerprint density at radius 2 is 1.73 bits per heavy atom. The first kappa shape index (κ1) is 28.7. The van der Waals surface area contributed by atoms with E-state index in [-0.39, 0.29) is 35.5 Å². The van der Waals surface area contributed by atoms with E-state index in [9.17, 15) is 29.1 Å². The molecule has 2 aliphatic carbocycles. The van der Waals surface area contributed by atoms with E-state index in [0.29, 0.717) is 6.54 Å². The van der Waals surface area contributed by atoms with Gasteiger partial charge in [0.15, 0.2) is 0 Å². The first-order valence-electron chi connectivity index (χ1n) is 13.2. The molecule has 206 valence electrons. The molecule has 3 rings (SSSR count). The number of carboxylic acid groups (broad SMARTS) is 1. The lowest BCUT2D eigenvalue weighted by atomic mass is 9.83. The molecule has 3 N–H and O–H groups in total. The Hall–Kier alpha value is -2.91. The maximum absolute atomic E-state index is 14.0. The average Bonchev–Trinajstić information content (AvgIpc) is 3.14. The van der Waals surface area contributed by atoms with Crippen molar-refractivity contribution in [2.45, 2.75) is 96.9 Å². The molecular formula is C27H41N3O7. The van der Waals surface area contributed by atoms with Crippen LogP contribution in [0.15, 0.2) is 12.7 Å². The number of nitrogens with one attached hydrogen (secondary N) is 2. The van der Waals surface area contributed by atoms with Crippen molar-refractivity contribution in [2.24, 2.45) is 23.2 Å². The van der Waals surface area contributed by atoms with Gasteiger partial charge in [-0.3, -0.25) is 14.4 Å². The molecule has 10 nitrogen and oxygen atoms in total. The van der Waals surface area contributed by atoms with Crippen LogP contribution in [0.2, 0.25) is 0 Å². The number of piperidine rings is 1. The van der Waals surface area contributed by atoms with Crippen molar-refractivity contribution in [3.8, 4) is 0 Å². The van der Waals surface area contributed by atoms with E-state index in [1.807, 2.05) is 13.8 Å². The number of hydrogen-bond acceptors (Lipinski definition) is 6. The van der Waals surface area contributed by atoms with E-state index in [0.717, 1.165) is 32.1 Å². The Balaban J connectivity index is 1.86. The predicted octanol–water partition coefficient (Wildman–Crippen LogP) is 2.66. The number of carbonyl (C=O) groups is 5. The monoisotopic (exact) mass is 519 g/mol. The highest BCUT2D eigenvalue weighted by atomic mass is 16.6. The number of carboxylic acids is 1. The first-order chi connectivity index (χ1) is 17.2. The predicted molar refractivity (Wildman–Crippen MR) is 135 cm³/mol. The quantitative estimate of drug-likeness (QED) is 0.314. The minimum Gasteiger partial charge on any atom is -0.475 e. The van der Waals surface area contributed by atoms with Gasteiger partial charge >= 0.3 is 12.1 Å². The van der Waals surface area contributed by atoms with Crippen LogP contribution < -0.4 is 10.6 Å². The number of aliphatic carboxylic acids is 1. The summed E-state index contributed by atoms with van der Waals surface area (Å²) in [6.07, 6.45) is 5.18. The Labute approximate surface area is 218 Å². The molecule has 0 spiro atoms. The van der Waals surface area contributed by atoms with E-state index < -0.39 is 47.5 Å². The number of carbonyl (C=O) groups excluding carboxylic acids is 4. The molecule has 1 aliphatic heterocycles. The highest BCUT2D eigenvalue weighted by Crippen LogP contribution is 2.65. The molecule has 10 heteroatoms. The van der Waals surface area contributed by atoms with Crippen molar-refractivity contribution in [1.82, 2.24) is 15.5 Å². The Bertz CT molecular complexity index is 948. The van der Waals surface area contributed by atoms with Gasteiger partial charge in [-0.2, -0.15) is 0 Å². The number of alkyl carbamates (subject to hydrolysis) is 1. The molecule has 1 saturated heterocycles. The Kier molecular flexibility index (Phi) is 8.39.